The van der Waals surface area contributed by atoms with Crippen LogP contribution in [0.25, 0.3) is 0 Å². The van der Waals surface area contributed by atoms with Crippen LogP contribution in [0.5, 0.6) is 11.5 Å². The Morgan fingerprint density at radius 3 is 1.92 bits per heavy atom. The number of nitro benzene ring substituents is 2. The highest BCUT2D eigenvalue weighted by Gasteiger charge is 2.45. The summed E-state index contributed by atoms with van der Waals surface area (Å²) in [7, 11) is 0. The molecule has 0 aromatic heterocycles. The molecule has 0 amide bonds. The second kappa shape index (κ2) is 13.4. The van der Waals surface area contributed by atoms with E-state index in [1.165, 1.54) is 0 Å². The van der Waals surface area contributed by atoms with Crippen LogP contribution < -0.4 is 14.4 Å². The first-order valence-electron chi connectivity index (χ1n) is 16.2. The summed E-state index contributed by atoms with van der Waals surface area (Å²) in [4.78, 5) is 24.9. The first kappa shape index (κ1) is 33.1. The number of nitrogens with zero attached hydrogens (tertiary/aromatic N) is 4. The predicted octanol–water partition coefficient (Wildman–Crippen LogP) is 8.28. The van der Waals surface area contributed by atoms with Crippen molar-refractivity contribution in [1.82, 2.24) is 0 Å². The molecule has 2 heterocycles. The van der Waals surface area contributed by atoms with Crippen LogP contribution in [-0.2, 0) is 10.8 Å². The molecule has 6 rings (SSSR count). The summed E-state index contributed by atoms with van der Waals surface area (Å²) >= 11 is 0. The van der Waals surface area contributed by atoms with E-state index in [1.807, 2.05) is 78.9 Å². The second-order valence-electron chi connectivity index (χ2n) is 13.1. The molecule has 0 atom stereocenters. The summed E-state index contributed by atoms with van der Waals surface area (Å²) < 4.78 is 14.3. The Hall–Kier alpha value is -5.77. The first-order chi connectivity index (χ1) is 23.5. The first-order valence-corrected chi connectivity index (χ1v) is 16.2. The molecular formula is C39H39N4O6+. The van der Waals surface area contributed by atoms with Crippen molar-refractivity contribution < 1.29 is 23.9 Å². The SMILES string of the molecule is CC1(C)C(/C=C/C=C2/N(CCOc3ccccc3)c3ccc([N+](=O)[O-])cc3C2(C)C)=[N+](CCOc2ccccc2)c2ccc([N+](=O)[O-])cc21. The Bertz CT molecular complexity index is 1980. The van der Waals surface area contributed by atoms with Gasteiger partial charge in [0.2, 0.25) is 5.69 Å². The van der Waals surface area contributed by atoms with Gasteiger partial charge in [-0.15, -0.1) is 0 Å². The zero-order valence-corrected chi connectivity index (χ0v) is 28.0. The molecule has 0 radical (unpaired) electrons. The number of non-ortho nitro benzene ring substituents is 2. The molecule has 49 heavy (non-hydrogen) atoms. The van der Waals surface area contributed by atoms with Crippen LogP contribution in [0.15, 0.2) is 121 Å². The highest BCUT2D eigenvalue weighted by atomic mass is 16.6. The summed E-state index contributed by atoms with van der Waals surface area (Å²) in [5, 5.41) is 23.4. The third kappa shape index (κ3) is 6.54. The lowest BCUT2D eigenvalue weighted by Gasteiger charge is -2.27. The quantitative estimate of drug-likeness (QED) is 0.0855. The molecule has 0 aliphatic carbocycles. The monoisotopic (exact) mass is 659 g/mol. The topological polar surface area (TPSA) is 111 Å². The van der Waals surface area contributed by atoms with Crippen LogP contribution in [-0.4, -0.2) is 46.4 Å². The summed E-state index contributed by atoms with van der Waals surface area (Å²) in [6.45, 7) is 10.2. The number of anilines is 1. The number of para-hydroxylation sites is 2. The summed E-state index contributed by atoms with van der Waals surface area (Å²) in [6.07, 6.45) is 6.12. The van der Waals surface area contributed by atoms with Gasteiger partial charge in [0.25, 0.3) is 11.4 Å². The number of hydrogen-bond acceptors (Lipinski definition) is 7. The van der Waals surface area contributed by atoms with Crippen molar-refractivity contribution in [1.29, 1.82) is 0 Å². The molecular weight excluding hydrogens is 620 g/mol. The number of fused-ring (bicyclic) bond motifs is 2. The molecule has 0 unspecified atom stereocenters. The van der Waals surface area contributed by atoms with Gasteiger partial charge in [0.1, 0.15) is 24.7 Å². The summed E-state index contributed by atoms with van der Waals surface area (Å²) in [5.41, 5.74) is 4.50. The van der Waals surface area contributed by atoms with E-state index < -0.39 is 10.8 Å². The minimum atomic E-state index is -0.541. The molecule has 0 spiro atoms. The number of rotatable bonds is 12. The fraction of sp³-hybridized carbons (Fsp3) is 0.256. The van der Waals surface area contributed by atoms with Gasteiger partial charge in [0.05, 0.1) is 21.8 Å². The minimum Gasteiger partial charge on any atom is -0.492 e. The molecule has 4 aromatic rings. The Kier molecular flexibility index (Phi) is 9.05. The van der Waals surface area contributed by atoms with Gasteiger partial charge in [-0.25, -0.2) is 0 Å². The minimum absolute atomic E-state index is 0.0487. The fourth-order valence-corrected chi connectivity index (χ4v) is 6.81. The lowest BCUT2D eigenvalue weighted by molar-refractivity contribution is -0.440. The van der Waals surface area contributed by atoms with E-state index in [0.717, 1.165) is 45.4 Å². The lowest BCUT2D eigenvalue weighted by Crippen LogP contribution is -2.30. The Morgan fingerprint density at radius 1 is 0.735 bits per heavy atom. The van der Waals surface area contributed by atoms with Crippen molar-refractivity contribution >= 4 is 28.5 Å². The van der Waals surface area contributed by atoms with Crippen molar-refractivity contribution in [3.8, 4) is 11.5 Å². The number of allylic oxidation sites excluding steroid dienone is 4. The average Bonchev–Trinajstić information content (AvgIpc) is 3.43. The van der Waals surface area contributed by atoms with E-state index in [-0.39, 0.29) is 21.2 Å². The van der Waals surface area contributed by atoms with Gasteiger partial charge < -0.3 is 14.4 Å². The summed E-state index contributed by atoms with van der Waals surface area (Å²) in [5.74, 6) is 1.54. The molecule has 250 valence electrons. The molecule has 2 aliphatic heterocycles. The van der Waals surface area contributed by atoms with Crippen LogP contribution in [0, 0.1) is 20.2 Å². The van der Waals surface area contributed by atoms with Gasteiger partial charge >= 0.3 is 0 Å². The van der Waals surface area contributed by atoms with Crippen LogP contribution >= 0.6 is 0 Å². The van der Waals surface area contributed by atoms with Crippen molar-refractivity contribution in [2.24, 2.45) is 0 Å². The molecule has 0 fully saturated rings. The second-order valence-corrected chi connectivity index (χ2v) is 13.1. The number of ether oxygens (including phenoxy) is 2. The van der Waals surface area contributed by atoms with E-state index in [4.69, 9.17) is 9.47 Å². The maximum Gasteiger partial charge on any atom is 0.270 e. The number of nitro groups is 2. The third-order valence-electron chi connectivity index (χ3n) is 9.33. The van der Waals surface area contributed by atoms with Crippen LogP contribution in [0.3, 0.4) is 0 Å². The van der Waals surface area contributed by atoms with Crippen molar-refractivity contribution in [3.05, 3.63) is 152 Å². The van der Waals surface area contributed by atoms with E-state index in [9.17, 15) is 20.2 Å². The van der Waals surface area contributed by atoms with Crippen molar-refractivity contribution in [2.75, 3.05) is 31.2 Å². The zero-order valence-electron chi connectivity index (χ0n) is 28.0. The fourth-order valence-electron chi connectivity index (χ4n) is 6.81. The molecule has 0 bridgehead atoms. The molecule has 0 saturated carbocycles. The largest absolute Gasteiger partial charge is 0.492 e. The third-order valence-corrected chi connectivity index (χ3v) is 9.33. The molecule has 0 N–H and O–H groups in total. The Labute approximate surface area is 285 Å². The van der Waals surface area contributed by atoms with Gasteiger partial charge in [-0.1, -0.05) is 56.3 Å². The van der Waals surface area contributed by atoms with Crippen LogP contribution in [0.1, 0.15) is 38.8 Å². The maximum atomic E-state index is 11.7. The standard InChI is InChI=1S/C39H39N4O6/c1-38(2)32-26-28(42(44)45)18-20-34(32)40(22-24-48-30-12-7-5-8-13-30)36(38)16-11-17-37-39(3,4)33-27-29(43(46)47)19-21-35(33)41(37)23-25-49-31-14-9-6-10-15-31/h5-21,26-27H,22-25H2,1-4H3/q+1. The Balaban J connectivity index is 1.36. The zero-order chi connectivity index (χ0) is 34.8. The van der Waals surface area contributed by atoms with Gasteiger partial charge in [-0.05, 0) is 55.8 Å². The smallest absolute Gasteiger partial charge is 0.270 e. The van der Waals surface area contributed by atoms with E-state index >= 15 is 0 Å². The van der Waals surface area contributed by atoms with Gasteiger partial charge in [0.15, 0.2) is 12.3 Å². The predicted molar refractivity (Wildman–Crippen MR) is 190 cm³/mol. The number of hydrogen-bond donors (Lipinski definition) is 0. The lowest BCUT2D eigenvalue weighted by atomic mass is 9.81. The Morgan fingerprint density at radius 2 is 1.31 bits per heavy atom. The molecule has 2 aliphatic rings. The molecule has 0 saturated heterocycles. The van der Waals surface area contributed by atoms with Gasteiger partial charge in [-0.2, -0.15) is 4.58 Å². The van der Waals surface area contributed by atoms with E-state index in [0.29, 0.717) is 26.3 Å². The van der Waals surface area contributed by atoms with Crippen LogP contribution in [0.4, 0.5) is 22.7 Å². The van der Waals surface area contributed by atoms with E-state index in [2.05, 4.69) is 49.3 Å². The van der Waals surface area contributed by atoms with E-state index in [1.54, 1.807) is 24.3 Å². The average molecular weight is 660 g/mol. The highest BCUT2D eigenvalue weighted by Crippen LogP contribution is 2.49. The maximum absolute atomic E-state index is 11.7. The van der Waals surface area contributed by atoms with Gasteiger partial charge in [0, 0.05) is 58.8 Å². The van der Waals surface area contributed by atoms with Gasteiger partial charge in [-0.3, -0.25) is 20.2 Å². The summed E-state index contributed by atoms with van der Waals surface area (Å²) in [6, 6.07) is 29.3. The van der Waals surface area contributed by atoms with Crippen LogP contribution in [0.2, 0.25) is 0 Å². The normalized spacial score (nSPS) is 16.6. The highest BCUT2D eigenvalue weighted by molar-refractivity contribution is 6.03. The molecule has 10 heteroatoms. The molecule has 4 aromatic carbocycles. The number of benzene rings is 4. The van der Waals surface area contributed by atoms with Crippen molar-refractivity contribution in [3.63, 3.8) is 0 Å². The van der Waals surface area contributed by atoms with Crippen molar-refractivity contribution in [2.45, 2.75) is 38.5 Å². The molecule has 10 nitrogen and oxygen atoms in total.